The minimum atomic E-state index is -0.663. The van der Waals surface area contributed by atoms with E-state index in [4.69, 9.17) is 0 Å². The molecular formula is C10H17NO2S. The highest BCUT2D eigenvalue weighted by Gasteiger charge is 2.48. The van der Waals surface area contributed by atoms with Gasteiger partial charge in [0, 0.05) is 11.3 Å². The molecule has 1 aliphatic carbocycles. The molecule has 3 nitrogen and oxygen atoms in total. The van der Waals surface area contributed by atoms with E-state index in [0.29, 0.717) is 6.04 Å². The Morgan fingerprint density at radius 1 is 1.57 bits per heavy atom. The second kappa shape index (κ2) is 3.74. The van der Waals surface area contributed by atoms with Crippen molar-refractivity contribution in [3.63, 3.8) is 0 Å². The highest BCUT2D eigenvalue weighted by molar-refractivity contribution is 8.00. The van der Waals surface area contributed by atoms with Crippen molar-refractivity contribution in [3.05, 3.63) is 0 Å². The van der Waals surface area contributed by atoms with Gasteiger partial charge in [0.1, 0.15) is 5.54 Å². The number of rotatable bonds is 3. The molecule has 1 saturated carbocycles. The second-order valence-corrected chi connectivity index (χ2v) is 5.76. The Morgan fingerprint density at radius 2 is 2.29 bits per heavy atom. The third-order valence-corrected chi connectivity index (χ3v) is 4.62. The minimum Gasteiger partial charge on any atom is -0.480 e. The Balaban J connectivity index is 2.13. The van der Waals surface area contributed by atoms with Crippen LogP contribution < -0.4 is 5.32 Å². The van der Waals surface area contributed by atoms with Gasteiger partial charge in [-0.15, -0.1) is 0 Å². The lowest BCUT2D eigenvalue weighted by atomic mass is 9.89. The number of thioether (sulfide) groups is 1. The molecule has 14 heavy (non-hydrogen) atoms. The molecular weight excluding hydrogens is 198 g/mol. The summed E-state index contributed by atoms with van der Waals surface area (Å²) in [5, 5.41) is 12.9. The van der Waals surface area contributed by atoms with Crippen LogP contribution in [0.1, 0.15) is 32.6 Å². The first-order valence-electron chi connectivity index (χ1n) is 5.28. The molecule has 0 radical (unpaired) electrons. The molecule has 2 N–H and O–H groups in total. The molecule has 0 aromatic carbocycles. The molecule has 0 amide bonds. The molecule has 2 unspecified atom stereocenters. The van der Waals surface area contributed by atoms with Crippen molar-refractivity contribution in [2.45, 2.75) is 49.4 Å². The molecule has 0 bridgehead atoms. The molecule has 2 fully saturated rings. The first-order valence-corrected chi connectivity index (χ1v) is 6.33. The van der Waals surface area contributed by atoms with E-state index in [0.717, 1.165) is 31.4 Å². The SMILES string of the molecule is CC1SCCCC1(NC1CC1)C(=O)O. The van der Waals surface area contributed by atoms with Gasteiger partial charge in [0.05, 0.1) is 0 Å². The van der Waals surface area contributed by atoms with Gasteiger partial charge < -0.3 is 5.11 Å². The van der Waals surface area contributed by atoms with Crippen LogP contribution in [0.5, 0.6) is 0 Å². The van der Waals surface area contributed by atoms with Crippen LogP contribution in [-0.2, 0) is 4.79 Å². The van der Waals surface area contributed by atoms with E-state index < -0.39 is 11.5 Å². The summed E-state index contributed by atoms with van der Waals surface area (Å²) < 4.78 is 0. The lowest BCUT2D eigenvalue weighted by molar-refractivity contribution is -0.145. The zero-order valence-corrected chi connectivity index (χ0v) is 9.27. The van der Waals surface area contributed by atoms with Crippen LogP contribution in [0.15, 0.2) is 0 Å². The average molecular weight is 215 g/mol. The van der Waals surface area contributed by atoms with Crippen LogP contribution >= 0.6 is 11.8 Å². The molecule has 4 heteroatoms. The van der Waals surface area contributed by atoms with Crippen molar-refractivity contribution in [3.8, 4) is 0 Å². The summed E-state index contributed by atoms with van der Waals surface area (Å²) in [5.41, 5.74) is -0.649. The van der Waals surface area contributed by atoms with E-state index in [2.05, 4.69) is 5.32 Å². The lowest BCUT2D eigenvalue weighted by Crippen LogP contribution is -2.60. The summed E-state index contributed by atoms with van der Waals surface area (Å²) in [7, 11) is 0. The van der Waals surface area contributed by atoms with Gasteiger partial charge in [-0.3, -0.25) is 10.1 Å². The van der Waals surface area contributed by atoms with E-state index in [1.165, 1.54) is 0 Å². The van der Waals surface area contributed by atoms with Crippen molar-refractivity contribution in [1.82, 2.24) is 5.32 Å². The van der Waals surface area contributed by atoms with Gasteiger partial charge in [-0.05, 0) is 31.4 Å². The van der Waals surface area contributed by atoms with Gasteiger partial charge in [0.25, 0.3) is 0 Å². The molecule has 0 aromatic heterocycles. The zero-order valence-electron chi connectivity index (χ0n) is 8.45. The third-order valence-electron chi connectivity index (χ3n) is 3.20. The van der Waals surface area contributed by atoms with Crippen molar-refractivity contribution in [1.29, 1.82) is 0 Å². The van der Waals surface area contributed by atoms with E-state index in [9.17, 15) is 9.90 Å². The molecule has 1 heterocycles. The van der Waals surface area contributed by atoms with Crippen molar-refractivity contribution in [2.24, 2.45) is 0 Å². The minimum absolute atomic E-state index is 0.189. The molecule has 1 saturated heterocycles. The zero-order chi connectivity index (χ0) is 10.2. The quantitative estimate of drug-likeness (QED) is 0.748. The smallest absolute Gasteiger partial charge is 0.325 e. The maximum absolute atomic E-state index is 11.4. The summed E-state index contributed by atoms with van der Waals surface area (Å²) in [6.45, 7) is 2.04. The van der Waals surface area contributed by atoms with Gasteiger partial charge in [0.2, 0.25) is 0 Å². The fraction of sp³-hybridized carbons (Fsp3) is 0.900. The monoisotopic (exact) mass is 215 g/mol. The van der Waals surface area contributed by atoms with Gasteiger partial charge in [-0.2, -0.15) is 11.8 Å². The molecule has 0 spiro atoms. The summed E-state index contributed by atoms with van der Waals surface area (Å²) in [4.78, 5) is 11.4. The molecule has 0 aromatic rings. The average Bonchev–Trinajstić information content (AvgIpc) is 2.92. The predicted molar refractivity (Wildman–Crippen MR) is 57.7 cm³/mol. The fourth-order valence-electron chi connectivity index (χ4n) is 2.08. The van der Waals surface area contributed by atoms with Crippen LogP contribution in [0.4, 0.5) is 0 Å². The van der Waals surface area contributed by atoms with E-state index in [1.807, 2.05) is 6.92 Å². The molecule has 2 atom stereocenters. The van der Waals surface area contributed by atoms with Crippen LogP contribution in [0.25, 0.3) is 0 Å². The first-order chi connectivity index (χ1) is 6.65. The van der Waals surface area contributed by atoms with Gasteiger partial charge >= 0.3 is 5.97 Å². The van der Waals surface area contributed by atoms with E-state index in [-0.39, 0.29) is 5.25 Å². The Bertz CT molecular complexity index is 242. The maximum atomic E-state index is 11.4. The fourth-order valence-corrected chi connectivity index (χ4v) is 3.32. The number of aliphatic carboxylic acids is 1. The highest BCUT2D eigenvalue weighted by atomic mass is 32.2. The largest absolute Gasteiger partial charge is 0.480 e. The molecule has 1 aliphatic heterocycles. The summed E-state index contributed by atoms with van der Waals surface area (Å²) in [6, 6.07) is 0.465. The third kappa shape index (κ3) is 1.77. The van der Waals surface area contributed by atoms with E-state index >= 15 is 0 Å². The summed E-state index contributed by atoms with van der Waals surface area (Å²) >= 11 is 1.78. The first kappa shape index (κ1) is 10.3. The van der Waals surface area contributed by atoms with Crippen LogP contribution in [-0.4, -0.2) is 33.7 Å². The molecule has 2 rings (SSSR count). The summed E-state index contributed by atoms with van der Waals surface area (Å²) in [5.74, 6) is 0.437. The lowest BCUT2D eigenvalue weighted by Gasteiger charge is -2.39. The Morgan fingerprint density at radius 3 is 2.79 bits per heavy atom. The van der Waals surface area contributed by atoms with E-state index in [1.54, 1.807) is 11.8 Å². The topological polar surface area (TPSA) is 49.3 Å². The Kier molecular flexibility index (Phi) is 2.75. The van der Waals surface area contributed by atoms with Crippen molar-refractivity contribution in [2.75, 3.05) is 5.75 Å². The van der Waals surface area contributed by atoms with Gasteiger partial charge in [-0.1, -0.05) is 6.92 Å². The molecule has 2 aliphatic rings. The highest BCUT2D eigenvalue weighted by Crippen LogP contribution is 2.37. The normalized spacial score (nSPS) is 38.2. The number of carboxylic acids is 1. The predicted octanol–water partition coefficient (Wildman–Crippen LogP) is 1.48. The van der Waals surface area contributed by atoms with Gasteiger partial charge in [-0.25, -0.2) is 0 Å². The van der Waals surface area contributed by atoms with Crippen molar-refractivity contribution < 1.29 is 9.90 Å². The number of hydrogen-bond acceptors (Lipinski definition) is 3. The Hall–Kier alpha value is -0.220. The molecule has 80 valence electrons. The number of nitrogens with one attached hydrogen (secondary N) is 1. The number of carbonyl (C=O) groups is 1. The number of hydrogen-bond donors (Lipinski definition) is 2. The Labute approximate surface area is 88.6 Å². The maximum Gasteiger partial charge on any atom is 0.325 e. The van der Waals surface area contributed by atoms with Crippen LogP contribution in [0, 0.1) is 0 Å². The van der Waals surface area contributed by atoms with Crippen molar-refractivity contribution >= 4 is 17.7 Å². The van der Waals surface area contributed by atoms with Crippen LogP contribution in [0.3, 0.4) is 0 Å². The standard InChI is InChI=1S/C10H17NO2S/c1-7-10(9(12)13,5-2-6-14-7)11-8-3-4-8/h7-8,11H,2-6H2,1H3,(H,12,13). The second-order valence-electron chi connectivity index (χ2n) is 4.31. The summed E-state index contributed by atoms with van der Waals surface area (Å²) in [6.07, 6.45) is 4.09. The van der Waals surface area contributed by atoms with Crippen LogP contribution in [0.2, 0.25) is 0 Å². The number of carboxylic acid groups (broad SMARTS) is 1. The van der Waals surface area contributed by atoms with Gasteiger partial charge in [0.15, 0.2) is 0 Å².